The molecule has 1 fully saturated rings. The quantitative estimate of drug-likeness (QED) is 0.674. The Morgan fingerprint density at radius 2 is 2.07 bits per heavy atom. The monoisotopic (exact) mass is 204 g/mol. The molecular formula is C11H12N2O2. The van der Waals surface area contributed by atoms with Crippen LogP contribution in [0, 0.1) is 0 Å². The molecular weight excluding hydrogens is 192 g/mol. The molecule has 1 aromatic heterocycles. The molecule has 4 heteroatoms. The van der Waals surface area contributed by atoms with Gasteiger partial charge in [-0.05, 0) is 12.8 Å². The van der Waals surface area contributed by atoms with Gasteiger partial charge >= 0.3 is 0 Å². The fourth-order valence-corrected chi connectivity index (χ4v) is 2.03. The molecule has 78 valence electrons. The van der Waals surface area contributed by atoms with Crippen molar-refractivity contribution in [3.8, 4) is 0 Å². The van der Waals surface area contributed by atoms with Gasteiger partial charge in [0.2, 0.25) is 0 Å². The SMILES string of the molecule is O=C1CCc2nc(C3CC3)cc(=O)n2C1. The lowest BCUT2D eigenvalue weighted by atomic mass is 10.1. The Morgan fingerprint density at radius 1 is 1.27 bits per heavy atom. The van der Waals surface area contributed by atoms with E-state index in [-0.39, 0.29) is 17.9 Å². The van der Waals surface area contributed by atoms with Gasteiger partial charge in [0, 0.05) is 24.8 Å². The van der Waals surface area contributed by atoms with Crippen LogP contribution in [0.1, 0.15) is 36.7 Å². The van der Waals surface area contributed by atoms with E-state index in [0.717, 1.165) is 24.4 Å². The fourth-order valence-electron chi connectivity index (χ4n) is 2.03. The van der Waals surface area contributed by atoms with Crippen molar-refractivity contribution >= 4 is 5.78 Å². The Bertz CT molecular complexity index is 486. The van der Waals surface area contributed by atoms with Crippen molar-refractivity contribution in [3.05, 3.63) is 27.9 Å². The summed E-state index contributed by atoms with van der Waals surface area (Å²) in [5.74, 6) is 1.43. The molecule has 0 atom stereocenters. The van der Waals surface area contributed by atoms with Crippen LogP contribution >= 0.6 is 0 Å². The Hall–Kier alpha value is -1.45. The highest BCUT2D eigenvalue weighted by Crippen LogP contribution is 2.38. The zero-order chi connectivity index (χ0) is 10.4. The average molecular weight is 204 g/mol. The van der Waals surface area contributed by atoms with Crippen molar-refractivity contribution in [3.63, 3.8) is 0 Å². The molecule has 2 aliphatic rings. The number of aryl methyl sites for hydroxylation is 1. The van der Waals surface area contributed by atoms with E-state index in [1.165, 1.54) is 4.57 Å². The number of carbonyl (C=O) groups excluding carboxylic acids is 1. The predicted octanol–water partition coefficient (Wildman–Crippen LogP) is 0.636. The summed E-state index contributed by atoms with van der Waals surface area (Å²) in [6, 6.07) is 1.60. The van der Waals surface area contributed by atoms with Crippen LogP contribution in [-0.4, -0.2) is 15.3 Å². The molecule has 0 spiro atoms. The number of hydrogen-bond acceptors (Lipinski definition) is 3. The van der Waals surface area contributed by atoms with E-state index in [9.17, 15) is 9.59 Å². The molecule has 4 nitrogen and oxygen atoms in total. The highest BCUT2D eigenvalue weighted by atomic mass is 16.1. The minimum Gasteiger partial charge on any atom is -0.298 e. The minimum atomic E-state index is -0.0602. The lowest BCUT2D eigenvalue weighted by molar-refractivity contribution is -0.120. The van der Waals surface area contributed by atoms with Gasteiger partial charge in [-0.25, -0.2) is 4.98 Å². The van der Waals surface area contributed by atoms with Gasteiger partial charge in [0.05, 0.1) is 12.2 Å². The molecule has 1 aliphatic carbocycles. The van der Waals surface area contributed by atoms with Crippen LogP contribution in [0.25, 0.3) is 0 Å². The van der Waals surface area contributed by atoms with Crippen LogP contribution in [0.5, 0.6) is 0 Å². The summed E-state index contributed by atoms with van der Waals surface area (Å²) in [7, 11) is 0. The zero-order valence-corrected chi connectivity index (χ0v) is 8.40. The summed E-state index contributed by atoms with van der Waals surface area (Å²) in [6.07, 6.45) is 3.44. The van der Waals surface area contributed by atoms with Crippen LogP contribution in [-0.2, 0) is 17.8 Å². The Labute approximate surface area is 86.9 Å². The molecule has 3 rings (SSSR count). The number of hydrogen-bond donors (Lipinski definition) is 0. The maximum Gasteiger partial charge on any atom is 0.254 e. The van der Waals surface area contributed by atoms with E-state index in [0.29, 0.717) is 18.8 Å². The minimum absolute atomic E-state index is 0.0602. The number of aromatic nitrogens is 2. The first-order valence-corrected chi connectivity index (χ1v) is 5.36. The van der Waals surface area contributed by atoms with Gasteiger partial charge in [0.25, 0.3) is 5.56 Å². The molecule has 1 aliphatic heterocycles. The average Bonchev–Trinajstić information content (AvgIpc) is 3.02. The highest BCUT2D eigenvalue weighted by molar-refractivity contribution is 5.79. The van der Waals surface area contributed by atoms with Crippen LogP contribution in [0.15, 0.2) is 10.9 Å². The number of fused-ring (bicyclic) bond motifs is 1. The van der Waals surface area contributed by atoms with E-state index in [2.05, 4.69) is 4.98 Å². The summed E-state index contributed by atoms with van der Waals surface area (Å²) in [4.78, 5) is 27.4. The van der Waals surface area contributed by atoms with Crippen molar-refractivity contribution < 1.29 is 4.79 Å². The summed E-state index contributed by atoms with van der Waals surface area (Å²) < 4.78 is 1.51. The maximum absolute atomic E-state index is 11.7. The van der Waals surface area contributed by atoms with Crippen LogP contribution in [0.2, 0.25) is 0 Å². The van der Waals surface area contributed by atoms with Gasteiger partial charge in [0.1, 0.15) is 5.82 Å². The second kappa shape index (κ2) is 3.02. The number of ketones is 1. The largest absolute Gasteiger partial charge is 0.298 e. The van der Waals surface area contributed by atoms with Gasteiger partial charge in [-0.1, -0.05) is 0 Å². The molecule has 1 aromatic rings. The van der Waals surface area contributed by atoms with Crippen LogP contribution in [0.4, 0.5) is 0 Å². The van der Waals surface area contributed by atoms with E-state index >= 15 is 0 Å². The number of nitrogens with zero attached hydrogens (tertiary/aromatic N) is 2. The topological polar surface area (TPSA) is 52.0 Å². The van der Waals surface area contributed by atoms with Gasteiger partial charge in [-0.2, -0.15) is 0 Å². The summed E-state index contributed by atoms with van der Waals surface area (Å²) in [5, 5.41) is 0. The van der Waals surface area contributed by atoms with Gasteiger partial charge < -0.3 is 0 Å². The molecule has 0 amide bonds. The number of Topliss-reactive ketones (excluding diaryl/α,β-unsaturated/α-hetero) is 1. The molecule has 2 heterocycles. The van der Waals surface area contributed by atoms with Gasteiger partial charge in [-0.3, -0.25) is 14.2 Å². The van der Waals surface area contributed by atoms with Gasteiger partial charge in [0.15, 0.2) is 5.78 Å². The first kappa shape index (κ1) is 8.83. The maximum atomic E-state index is 11.7. The molecule has 0 unspecified atom stereocenters. The van der Waals surface area contributed by atoms with Crippen molar-refractivity contribution in [1.82, 2.24) is 9.55 Å². The molecule has 0 saturated heterocycles. The number of carbonyl (C=O) groups is 1. The standard InChI is InChI=1S/C11H12N2O2/c14-8-3-4-10-12-9(7-1-2-7)5-11(15)13(10)6-8/h5,7H,1-4,6H2. The van der Waals surface area contributed by atoms with Crippen molar-refractivity contribution in [1.29, 1.82) is 0 Å². The third-order valence-electron chi connectivity index (χ3n) is 3.06. The second-order valence-corrected chi connectivity index (χ2v) is 4.33. The molecule has 15 heavy (non-hydrogen) atoms. The lowest BCUT2D eigenvalue weighted by Crippen LogP contribution is -2.32. The first-order chi connectivity index (χ1) is 7.24. The van der Waals surface area contributed by atoms with Gasteiger partial charge in [-0.15, -0.1) is 0 Å². The Morgan fingerprint density at radius 3 is 2.80 bits per heavy atom. The van der Waals surface area contributed by atoms with Crippen LogP contribution < -0.4 is 5.56 Å². The van der Waals surface area contributed by atoms with Crippen molar-refractivity contribution in [2.45, 2.75) is 38.1 Å². The predicted molar refractivity (Wildman–Crippen MR) is 53.8 cm³/mol. The normalized spacial score (nSPS) is 20.1. The van der Waals surface area contributed by atoms with E-state index < -0.39 is 0 Å². The first-order valence-electron chi connectivity index (χ1n) is 5.36. The molecule has 0 N–H and O–H groups in total. The third-order valence-corrected chi connectivity index (χ3v) is 3.06. The highest BCUT2D eigenvalue weighted by Gasteiger charge is 2.27. The summed E-state index contributed by atoms with van der Waals surface area (Å²) in [5.41, 5.74) is 0.871. The molecule has 0 radical (unpaired) electrons. The van der Waals surface area contributed by atoms with E-state index in [1.54, 1.807) is 6.07 Å². The van der Waals surface area contributed by atoms with E-state index in [4.69, 9.17) is 0 Å². The van der Waals surface area contributed by atoms with Crippen molar-refractivity contribution in [2.75, 3.05) is 0 Å². The molecule has 0 bridgehead atoms. The van der Waals surface area contributed by atoms with Crippen molar-refractivity contribution in [2.24, 2.45) is 0 Å². The third kappa shape index (κ3) is 1.50. The summed E-state index contributed by atoms with van der Waals surface area (Å²) >= 11 is 0. The second-order valence-electron chi connectivity index (χ2n) is 4.33. The number of rotatable bonds is 1. The Balaban J connectivity index is 2.10. The summed E-state index contributed by atoms with van der Waals surface area (Å²) in [6.45, 7) is 0.214. The Kier molecular flexibility index (Phi) is 1.78. The van der Waals surface area contributed by atoms with Crippen LogP contribution in [0.3, 0.4) is 0 Å². The van der Waals surface area contributed by atoms with E-state index in [1.807, 2.05) is 0 Å². The molecule has 0 aromatic carbocycles. The smallest absolute Gasteiger partial charge is 0.254 e. The molecule has 1 saturated carbocycles. The lowest BCUT2D eigenvalue weighted by Gasteiger charge is -2.16. The fraction of sp³-hybridized carbons (Fsp3) is 0.545. The zero-order valence-electron chi connectivity index (χ0n) is 8.40.